The smallest absolute Gasteiger partial charge is 0.318 e. The van der Waals surface area contributed by atoms with Crippen LogP contribution in [0.2, 0.25) is 0 Å². The summed E-state index contributed by atoms with van der Waals surface area (Å²) in [5, 5.41) is 8.48. The van der Waals surface area contributed by atoms with Crippen LogP contribution < -0.4 is 4.72 Å². The van der Waals surface area contributed by atoms with Gasteiger partial charge >= 0.3 is 5.97 Å². The molecule has 3 nitrogen and oxygen atoms in total. The molecule has 0 radical (unpaired) electrons. The van der Waals surface area contributed by atoms with Gasteiger partial charge in [-0.2, -0.15) is 0 Å². The van der Waals surface area contributed by atoms with Crippen LogP contribution in [-0.2, 0) is 11.2 Å². The number of nitrogens with one attached hydrogen (secondary N) is 1. The number of aliphatic carboxylic acids is 1. The third-order valence-corrected chi connectivity index (χ3v) is 3.20. The number of hydrogen-bond donors (Lipinski definition) is 2. The molecule has 1 aromatic carbocycles. The molecule has 0 fully saturated rings. The van der Waals surface area contributed by atoms with Crippen molar-refractivity contribution in [2.24, 2.45) is 0 Å². The monoisotopic (exact) mass is 253 g/mol. The molecule has 0 aliphatic carbocycles. The minimum absolute atomic E-state index is 0.0249. The van der Waals surface area contributed by atoms with Gasteiger partial charge in [0, 0.05) is 4.90 Å². The molecule has 94 valence electrons. The van der Waals surface area contributed by atoms with Crippen molar-refractivity contribution in [3.05, 3.63) is 29.8 Å². The third kappa shape index (κ3) is 6.34. The molecule has 0 aliphatic heterocycles. The Morgan fingerprint density at radius 1 is 1.29 bits per heavy atom. The van der Waals surface area contributed by atoms with E-state index in [1.54, 1.807) is 0 Å². The first-order chi connectivity index (χ1) is 8.22. The summed E-state index contributed by atoms with van der Waals surface area (Å²) in [5.74, 6) is -0.839. The van der Waals surface area contributed by atoms with Gasteiger partial charge in [0.05, 0.1) is 0 Å². The number of hydrogen-bond acceptors (Lipinski definition) is 3. The zero-order valence-corrected chi connectivity index (χ0v) is 10.9. The normalized spacial score (nSPS) is 10.4. The van der Waals surface area contributed by atoms with Gasteiger partial charge < -0.3 is 5.11 Å². The van der Waals surface area contributed by atoms with Crippen LogP contribution in [0.15, 0.2) is 29.2 Å². The Labute approximate surface area is 107 Å². The quantitative estimate of drug-likeness (QED) is 0.552. The summed E-state index contributed by atoms with van der Waals surface area (Å²) >= 11 is 1.35. The van der Waals surface area contributed by atoms with Crippen LogP contribution >= 0.6 is 11.9 Å². The fourth-order valence-electron chi connectivity index (χ4n) is 1.48. The highest BCUT2D eigenvalue weighted by molar-refractivity contribution is 7.97. The second-order valence-corrected chi connectivity index (χ2v) is 4.88. The molecule has 0 amide bonds. The largest absolute Gasteiger partial charge is 0.480 e. The van der Waals surface area contributed by atoms with E-state index in [0.29, 0.717) is 0 Å². The standard InChI is InChI=1S/C13H19NO2S/c1-2-3-4-5-11-6-8-12(9-7-11)17-14-10-13(15)16/h6-9,14H,2-5,10H2,1H3,(H,15,16). The topological polar surface area (TPSA) is 49.3 Å². The van der Waals surface area contributed by atoms with Gasteiger partial charge in [-0.3, -0.25) is 4.79 Å². The molecule has 0 unspecified atom stereocenters. The first-order valence-electron chi connectivity index (χ1n) is 5.93. The summed E-state index contributed by atoms with van der Waals surface area (Å²) < 4.78 is 2.79. The molecule has 1 rings (SSSR count). The summed E-state index contributed by atoms with van der Waals surface area (Å²) in [6.07, 6.45) is 4.88. The minimum atomic E-state index is -0.839. The fraction of sp³-hybridized carbons (Fsp3) is 0.462. The Balaban J connectivity index is 2.31. The van der Waals surface area contributed by atoms with Gasteiger partial charge in [-0.15, -0.1) is 0 Å². The molecule has 0 bridgehead atoms. The summed E-state index contributed by atoms with van der Waals surface area (Å²) in [6.45, 7) is 2.18. The van der Waals surface area contributed by atoms with Crippen LogP contribution in [0.25, 0.3) is 0 Å². The molecule has 0 saturated carbocycles. The van der Waals surface area contributed by atoms with Gasteiger partial charge in [-0.1, -0.05) is 31.9 Å². The van der Waals surface area contributed by atoms with Crippen LogP contribution in [0.4, 0.5) is 0 Å². The van der Waals surface area contributed by atoms with Crippen LogP contribution in [0, 0.1) is 0 Å². The number of carboxylic acid groups (broad SMARTS) is 1. The van der Waals surface area contributed by atoms with Gasteiger partial charge in [0.1, 0.15) is 6.54 Å². The summed E-state index contributed by atoms with van der Waals surface area (Å²) in [4.78, 5) is 11.4. The second kappa shape index (κ2) is 8.14. The Kier molecular flexibility index (Phi) is 6.74. The van der Waals surface area contributed by atoms with Crippen molar-refractivity contribution in [1.82, 2.24) is 4.72 Å². The van der Waals surface area contributed by atoms with Crippen molar-refractivity contribution in [1.29, 1.82) is 0 Å². The number of rotatable bonds is 8. The molecular weight excluding hydrogens is 234 g/mol. The Morgan fingerprint density at radius 2 is 2.00 bits per heavy atom. The highest BCUT2D eigenvalue weighted by atomic mass is 32.2. The lowest BCUT2D eigenvalue weighted by Gasteiger charge is -2.04. The van der Waals surface area contributed by atoms with Gasteiger partial charge in [0.2, 0.25) is 0 Å². The number of unbranched alkanes of at least 4 members (excludes halogenated alkanes) is 2. The first kappa shape index (κ1) is 14.1. The second-order valence-electron chi connectivity index (χ2n) is 3.92. The van der Waals surface area contributed by atoms with Gasteiger partial charge in [-0.05, 0) is 42.5 Å². The maximum Gasteiger partial charge on any atom is 0.318 e. The van der Waals surface area contributed by atoms with E-state index in [9.17, 15) is 4.79 Å². The average molecular weight is 253 g/mol. The highest BCUT2D eigenvalue weighted by Gasteiger charge is 1.98. The van der Waals surface area contributed by atoms with Gasteiger partial charge in [0.15, 0.2) is 0 Å². The molecule has 2 N–H and O–H groups in total. The lowest BCUT2D eigenvalue weighted by Crippen LogP contribution is -2.15. The number of carboxylic acids is 1. The summed E-state index contributed by atoms with van der Waals surface area (Å²) in [7, 11) is 0. The van der Waals surface area contributed by atoms with Crippen LogP contribution in [0.3, 0.4) is 0 Å². The average Bonchev–Trinajstić information content (AvgIpc) is 2.31. The lowest BCUT2D eigenvalue weighted by atomic mass is 10.1. The van der Waals surface area contributed by atoms with E-state index < -0.39 is 5.97 Å². The molecule has 0 spiro atoms. The summed E-state index contributed by atoms with van der Waals surface area (Å²) in [5.41, 5.74) is 1.35. The molecule has 0 saturated heterocycles. The molecule has 0 atom stereocenters. The van der Waals surface area contributed by atoms with E-state index in [1.807, 2.05) is 12.1 Å². The lowest BCUT2D eigenvalue weighted by molar-refractivity contribution is -0.135. The van der Waals surface area contributed by atoms with Crippen molar-refractivity contribution in [3.8, 4) is 0 Å². The van der Waals surface area contributed by atoms with Gasteiger partial charge in [0.25, 0.3) is 0 Å². The third-order valence-electron chi connectivity index (χ3n) is 2.41. The summed E-state index contributed by atoms with van der Waals surface area (Å²) in [6, 6.07) is 8.28. The Morgan fingerprint density at radius 3 is 2.59 bits per heavy atom. The zero-order valence-electron chi connectivity index (χ0n) is 10.1. The maximum atomic E-state index is 10.3. The highest BCUT2D eigenvalue weighted by Crippen LogP contribution is 2.16. The molecule has 0 heterocycles. The molecular formula is C13H19NO2S. The zero-order chi connectivity index (χ0) is 12.5. The van der Waals surface area contributed by atoms with Crippen molar-refractivity contribution < 1.29 is 9.90 Å². The minimum Gasteiger partial charge on any atom is -0.480 e. The maximum absolute atomic E-state index is 10.3. The first-order valence-corrected chi connectivity index (χ1v) is 6.74. The molecule has 0 aromatic heterocycles. The van der Waals surface area contributed by atoms with Gasteiger partial charge in [-0.25, -0.2) is 4.72 Å². The molecule has 4 heteroatoms. The van der Waals surface area contributed by atoms with Crippen molar-refractivity contribution >= 4 is 17.9 Å². The number of aryl methyl sites for hydroxylation is 1. The van der Waals surface area contributed by atoms with E-state index in [4.69, 9.17) is 5.11 Å². The predicted molar refractivity (Wildman–Crippen MR) is 71.2 cm³/mol. The SMILES string of the molecule is CCCCCc1ccc(SNCC(=O)O)cc1. The predicted octanol–water partition coefficient (Wildman–Crippen LogP) is 3.10. The van der Waals surface area contributed by atoms with E-state index >= 15 is 0 Å². The Bertz CT molecular complexity index is 338. The van der Waals surface area contributed by atoms with Crippen LogP contribution in [0.1, 0.15) is 31.7 Å². The number of benzene rings is 1. The molecule has 1 aromatic rings. The van der Waals surface area contributed by atoms with Crippen molar-refractivity contribution in [2.45, 2.75) is 37.5 Å². The molecule has 0 aliphatic rings. The van der Waals surface area contributed by atoms with E-state index in [-0.39, 0.29) is 6.54 Å². The van der Waals surface area contributed by atoms with E-state index in [1.165, 1.54) is 36.8 Å². The van der Waals surface area contributed by atoms with E-state index in [0.717, 1.165) is 11.3 Å². The van der Waals surface area contributed by atoms with Crippen molar-refractivity contribution in [3.63, 3.8) is 0 Å². The van der Waals surface area contributed by atoms with Crippen LogP contribution in [0.5, 0.6) is 0 Å². The Hall–Kier alpha value is -1.00. The fourth-order valence-corrected chi connectivity index (χ4v) is 2.12. The van der Waals surface area contributed by atoms with Crippen LogP contribution in [-0.4, -0.2) is 17.6 Å². The van der Waals surface area contributed by atoms with Crippen molar-refractivity contribution in [2.75, 3.05) is 6.54 Å². The number of carbonyl (C=O) groups is 1. The van der Waals surface area contributed by atoms with E-state index in [2.05, 4.69) is 23.8 Å². The molecule has 17 heavy (non-hydrogen) atoms.